The Morgan fingerprint density at radius 2 is 1.77 bits per heavy atom. The van der Waals surface area contributed by atoms with Crippen LogP contribution < -0.4 is 25.0 Å². The summed E-state index contributed by atoms with van der Waals surface area (Å²) in [5.74, 6) is 1.71. The summed E-state index contributed by atoms with van der Waals surface area (Å²) in [7, 11) is 4.73. The van der Waals surface area contributed by atoms with Gasteiger partial charge in [-0.2, -0.15) is 5.10 Å². The predicted molar refractivity (Wildman–Crippen MR) is 104 cm³/mol. The van der Waals surface area contributed by atoms with Crippen molar-refractivity contribution in [1.29, 1.82) is 0 Å². The first-order valence-electron chi connectivity index (χ1n) is 7.68. The van der Waals surface area contributed by atoms with E-state index in [-0.39, 0.29) is 12.5 Å². The maximum absolute atomic E-state index is 11.9. The fraction of sp³-hybridized carbons (Fsp3) is 0.222. The Bertz CT molecular complexity index is 779. The van der Waals surface area contributed by atoms with E-state index >= 15 is 0 Å². The Balaban J connectivity index is 1.91. The third-order valence-corrected chi connectivity index (χ3v) is 4.06. The van der Waals surface area contributed by atoms with Crippen LogP contribution in [0.25, 0.3) is 0 Å². The van der Waals surface area contributed by atoms with Crippen LogP contribution in [-0.4, -0.2) is 40.0 Å². The molecule has 0 radical (unpaired) electrons. The number of carbonyl (C=O) groups excluding carboxylic acids is 1. The smallest absolute Gasteiger partial charge is 0.259 e. The molecule has 0 aliphatic heterocycles. The Morgan fingerprint density at radius 3 is 2.38 bits per heavy atom. The summed E-state index contributed by atoms with van der Waals surface area (Å²) in [5, 5.41) is 6.96. The van der Waals surface area contributed by atoms with E-state index in [1.54, 1.807) is 33.5 Å². The van der Waals surface area contributed by atoms with Crippen molar-refractivity contribution in [1.82, 2.24) is 5.43 Å². The van der Waals surface area contributed by atoms with Crippen LogP contribution in [0.4, 0.5) is 5.69 Å². The zero-order valence-corrected chi connectivity index (χ0v) is 16.3. The molecule has 2 aromatic rings. The first kappa shape index (κ1) is 19.6. The van der Waals surface area contributed by atoms with Crippen LogP contribution in [0.3, 0.4) is 0 Å². The SMILES string of the molecule is COc1ccc(NCC(=O)N/N=C\c2cc(Br)c(OC)cc2OC)cc1. The molecule has 0 unspecified atom stereocenters. The summed E-state index contributed by atoms with van der Waals surface area (Å²) in [6, 6.07) is 10.8. The van der Waals surface area contributed by atoms with Crippen LogP contribution in [0.1, 0.15) is 5.56 Å². The maximum Gasteiger partial charge on any atom is 0.259 e. The third kappa shape index (κ3) is 5.38. The first-order chi connectivity index (χ1) is 12.6. The monoisotopic (exact) mass is 421 g/mol. The number of methoxy groups -OCH3 is 3. The average molecular weight is 422 g/mol. The maximum atomic E-state index is 11.9. The predicted octanol–water partition coefficient (Wildman–Crippen LogP) is 3.04. The lowest BCUT2D eigenvalue weighted by Gasteiger charge is -2.09. The molecule has 0 atom stereocenters. The van der Waals surface area contributed by atoms with Gasteiger partial charge in [0.25, 0.3) is 5.91 Å². The molecule has 2 aromatic carbocycles. The second-order valence-electron chi connectivity index (χ2n) is 5.10. The highest BCUT2D eigenvalue weighted by Gasteiger charge is 2.08. The molecule has 0 aliphatic carbocycles. The second kappa shape index (κ2) is 9.67. The molecule has 7 nitrogen and oxygen atoms in total. The van der Waals surface area contributed by atoms with E-state index in [4.69, 9.17) is 14.2 Å². The van der Waals surface area contributed by atoms with Gasteiger partial charge in [0, 0.05) is 17.3 Å². The van der Waals surface area contributed by atoms with Gasteiger partial charge in [0.2, 0.25) is 0 Å². The van der Waals surface area contributed by atoms with Gasteiger partial charge >= 0.3 is 0 Å². The van der Waals surface area contributed by atoms with Gasteiger partial charge in [-0.25, -0.2) is 5.43 Å². The molecule has 138 valence electrons. The van der Waals surface area contributed by atoms with E-state index in [0.29, 0.717) is 17.1 Å². The summed E-state index contributed by atoms with van der Waals surface area (Å²) >= 11 is 3.40. The van der Waals surface area contributed by atoms with Gasteiger partial charge in [0.15, 0.2) is 0 Å². The fourth-order valence-electron chi connectivity index (χ4n) is 2.09. The number of nitrogens with one attached hydrogen (secondary N) is 2. The van der Waals surface area contributed by atoms with Crippen molar-refractivity contribution in [3.05, 3.63) is 46.4 Å². The van der Waals surface area contributed by atoms with Crippen LogP contribution in [0.5, 0.6) is 17.2 Å². The number of nitrogens with zero attached hydrogens (tertiary/aromatic N) is 1. The molecule has 8 heteroatoms. The lowest BCUT2D eigenvalue weighted by atomic mass is 10.2. The van der Waals surface area contributed by atoms with Gasteiger partial charge in [0.1, 0.15) is 17.2 Å². The normalized spacial score (nSPS) is 10.5. The summed E-state index contributed by atoms with van der Waals surface area (Å²) < 4.78 is 16.4. The molecule has 0 aliphatic rings. The Labute approximate surface area is 160 Å². The Kier molecular flexibility index (Phi) is 7.28. The molecule has 2 N–H and O–H groups in total. The molecular weight excluding hydrogens is 402 g/mol. The highest BCUT2D eigenvalue weighted by Crippen LogP contribution is 2.31. The second-order valence-corrected chi connectivity index (χ2v) is 5.96. The number of amides is 1. The minimum absolute atomic E-state index is 0.0904. The minimum Gasteiger partial charge on any atom is -0.497 e. The lowest BCUT2D eigenvalue weighted by molar-refractivity contribution is -0.119. The van der Waals surface area contributed by atoms with E-state index in [1.807, 2.05) is 24.3 Å². The number of hydrazone groups is 1. The molecular formula is C18H20BrN3O4. The van der Waals surface area contributed by atoms with E-state index in [9.17, 15) is 4.79 Å². The van der Waals surface area contributed by atoms with Gasteiger partial charge in [-0.15, -0.1) is 0 Å². The van der Waals surface area contributed by atoms with Gasteiger partial charge in [-0.3, -0.25) is 4.79 Å². The summed E-state index contributed by atoms with van der Waals surface area (Å²) in [5.41, 5.74) is 3.97. The van der Waals surface area contributed by atoms with E-state index in [0.717, 1.165) is 15.9 Å². The molecule has 26 heavy (non-hydrogen) atoms. The van der Waals surface area contributed by atoms with E-state index in [1.165, 1.54) is 6.21 Å². The van der Waals surface area contributed by atoms with Crippen LogP contribution in [0, 0.1) is 0 Å². The molecule has 0 aromatic heterocycles. The van der Waals surface area contributed by atoms with Crippen molar-refractivity contribution < 1.29 is 19.0 Å². The molecule has 0 fully saturated rings. The third-order valence-electron chi connectivity index (χ3n) is 3.44. The number of carbonyl (C=O) groups is 1. The number of halogens is 1. The van der Waals surface area contributed by atoms with Crippen LogP contribution in [0.15, 0.2) is 46.0 Å². The van der Waals surface area contributed by atoms with Crippen LogP contribution in [0.2, 0.25) is 0 Å². The quantitative estimate of drug-likeness (QED) is 0.505. The summed E-state index contributed by atoms with van der Waals surface area (Å²) in [4.78, 5) is 11.9. The van der Waals surface area contributed by atoms with Gasteiger partial charge in [-0.05, 0) is 46.3 Å². The van der Waals surface area contributed by atoms with E-state index < -0.39 is 0 Å². The van der Waals surface area contributed by atoms with E-state index in [2.05, 4.69) is 31.8 Å². The Hall–Kier alpha value is -2.74. The van der Waals surface area contributed by atoms with Crippen molar-refractivity contribution in [2.75, 3.05) is 33.2 Å². The van der Waals surface area contributed by atoms with Crippen molar-refractivity contribution in [3.63, 3.8) is 0 Å². The number of hydrogen-bond donors (Lipinski definition) is 2. The molecule has 1 amide bonds. The molecule has 0 saturated carbocycles. The summed E-state index contributed by atoms with van der Waals surface area (Å²) in [6.07, 6.45) is 1.51. The number of ether oxygens (including phenoxy) is 3. The fourth-order valence-corrected chi connectivity index (χ4v) is 2.61. The van der Waals surface area contributed by atoms with Crippen LogP contribution in [-0.2, 0) is 4.79 Å². The van der Waals surface area contributed by atoms with Crippen molar-refractivity contribution in [2.24, 2.45) is 5.10 Å². The highest BCUT2D eigenvalue weighted by molar-refractivity contribution is 9.10. The molecule has 2 rings (SSSR count). The van der Waals surface area contributed by atoms with Gasteiger partial charge < -0.3 is 19.5 Å². The molecule has 0 heterocycles. The first-order valence-corrected chi connectivity index (χ1v) is 8.48. The zero-order chi connectivity index (χ0) is 18.9. The number of benzene rings is 2. The highest BCUT2D eigenvalue weighted by atomic mass is 79.9. The average Bonchev–Trinajstić information content (AvgIpc) is 2.67. The number of anilines is 1. The Morgan fingerprint density at radius 1 is 1.08 bits per heavy atom. The van der Waals surface area contributed by atoms with Crippen molar-refractivity contribution >= 4 is 33.7 Å². The van der Waals surface area contributed by atoms with Gasteiger partial charge in [-0.1, -0.05) is 0 Å². The van der Waals surface area contributed by atoms with Crippen LogP contribution >= 0.6 is 15.9 Å². The number of hydrogen-bond acceptors (Lipinski definition) is 6. The molecule has 0 spiro atoms. The summed E-state index contributed by atoms with van der Waals surface area (Å²) in [6.45, 7) is 0.0904. The van der Waals surface area contributed by atoms with Crippen molar-refractivity contribution in [2.45, 2.75) is 0 Å². The van der Waals surface area contributed by atoms with Crippen molar-refractivity contribution in [3.8, 4) is 17.2 Å². The molecule has 0 bridgehead atoms. The minimum atomic E-state index is -0.274. The van der Waals surface area contributed by atoms with Gasteiger partial charge in [0.05, 0.1) is 38.6 Å². The molecule has 0 saturated heterocycles. The largest absolute Gasteiger partial charge is 0.497 e. The number of rotatable bonds is 8. The topological polar surface area (TPSA) is 81.2 Å². The standard InChI is InChI=1S/C18H20BrN3O4/c1-24-14-6-4-13(5-7-14)20-11-18(23)22-21-10-12-8-15(19)17(26-3)9-16(12)25-2/h4-10,20H,11H2,1-3H3,(H,22,23)/b21-10-. The zero-order valence-electron chi connectivity index (χ0n) is 14.7. The lowest BCUT2D eigenvalue weighted by Crippen LogP contribution is -2.25.